The minimum atomic E-state index is -0.0262. The van der Waals surface area contributed by atoms with Crippen molar-refractivity contribution in [3.05, 3.63) is 28.7 Å². The first-order valence-corrected chi connectivity index (χ1v) is 8.36. The summed E-state index contributed by atoms with van der Waals surface area (Å²) in [5.74, 6) is 0.0940. The molecule has 1 amide bonds. The highest BCUT2D eigenvalue weighted by molar-refractivity contribution is 9.10. The molecular formula is C16H24BrN2O+. The van der Waals surface area contributed by atoms with E-state index in [1.165, 1.54) is 38.5 Å². The van der Waals surface area contributed by atoms with Gasteiger partial charge in [0.2, 0.25) is 0 Å². The van der Waals surface area contributed by atoms with Crippen LogP contribution in [0.25, 0.3) is 0 Å². The SMILES string of the molecule is C[C@@H]([NH2+]C1CCCCCC1)C(=O)Nc1ccc(Br)cc1. The van der Waals surface area contributed by atoms with Gasteiger partial charge in [-0.25, -0.2) is 0 Å². The van der Waals surface area contributed by atoms with Gasteiger partial charge in [-0.2, -0.15) is 0 Å². The molecule has 1 saturated carbocycles. The highest BCUT2D eigenvalue weighted by Crippen LogP contribution is 2.16. The number of amides is 1. The maximum absolute atomic E-state index is 12.2. The molecule has 0 spiro atoms. The summed E-state index contributed by atoms with van der Waals surface area (Å²) in [5, 5.41) is 5.23. The van der Waals surface area contributed by atoms with E-state index in [-0.39, 0.29) is 11.9 Å². The Balaban J connectivity index is 1.83. The Morgan fingerprint density at radius 2 is 1.80 bits per heavy atom. The van der Waals surface area contributed by atoms with Crippen molar-refractivity contribution in [1.82, 2.24) is 0 Å². The molecule has 1 aliphatic rings. The predicted molar refractivity (Wildman–Crippen MR) is 85.6 cm³/mol. The van der Waals surface area contributed by atoms with Gasteiger partial charge in [-0.15, -0.1) is 0 Å². The Labute approximate surface area is 129 Å². The van der Waals surface area contributed by atoms with Crippen LogP contribution < -0.4 is 10.6 Å². The predicted octanol–water partition coefficient (Wildman–Crippen LogP) is 3.06. The molecule has 1 aromatic carbocycles. The van der Waals surface area contributed by atoms with Gasteiger partial charge in [-0.1, -0.05) is 28.8 Å². The van der Waals surface area contributed by atoms with Gasteiger partial charge in [-0.05, 0) is 56.9 Å². The van der Waals surface area contributed by atoms with Crippen LogP contribution in [-0.4, -0.2) is 18.0 Å². The van der Waals surface area contributed by atoms with E-state index in [9.17, 15) is 4.79 Å². The zero-order valence-electron chi connectivity index (χ0n) is 12.1. The van der Waals surface area contributed by atoms with E-state index in [0.717, 1.165) is 10.2 Å². The van der Waals surface area contributed by atoms with Crippen LogP contribution in [0.2, 0.25) is 0 Å². The van der Waals surface area contributed by atoms with Crippen molar-refractivity contribution in [3.8, 4) is 0 Å². The third-order valence-electron chi connectivity index (χ3n) is 3.99. The maximum Gasteiger partial charge on any atom is 0.282 e. The zero-order valence-corrected chi connectivity index (χ0v) is 13.7. The van der Waals surface area contributed by atoms with Gasteiger partial charge in [0, 0.05) is 10.2 Å². The summed E-state index contributed by atoms with van der Waals surface area (Å²) in [6.45, 7) is 2.00. The minimum Gasteiger partial charge on any atom is -0.334 e. The Hall–Kier alpha value is -0.870. The Morgan fingerprint density at radius 3 is 2.40 bits per heavy atom. The Bertz CT molecular complexity index is 425. The second-order valence-corrected chi connectivity index (χ2v) is 6.64. The fraction of sp³-hybridized carbons (Fsp3) is 0.562. The fourth-order valence-electron chi connectivity index (χ4n) is 2.79. The summed E-state index contributed by atoms with van der Waals surface area (Å²) in [5.41, 5.74) is 0.860. The first kappa shape index (κ1) is 15.5. The van der Waals surface area contributed by atoms with Crippen molar-refractivity contribution in [2.24, 2.45) is 0 Å². The van der Waals surface area contributed by atoms with Gasteiger partial charge in [0.25, 0.3) is 5.91 Å². The lowest BCUT2D eigenvalue weighted by Crippen LogP contribution is -2.96. The van der Waals surface area contributed by atoms with E-state index in [1.807, 2.05) is 31.2 Å². The first-order valence-electron chi connectivity index (χ1n) is 7.56. The molecule has 4 heteroatoms. The number of halogens is 1. The van der Waals surface area contributed by atoms with Gasteiger partial charge < -0.3 is 10.6 Å². The molecule has 3 nitrogen and oxygen atoms in total. The number of hydrogen-bond acceptors (Lipinski definition) is 1. The van der Waals surface area contributed by atoms with Crippen molar-refractivity contribution in [2.45, 2.75) is 57.5 Å². The molecule has 110 valence electrons. The van der Waals surface area contributed by atoms with Crippen LogP contribution in [0.3, 0.4) is 0 Å². The quantitative estimate of drug-likeness (QED) is 0.813. The van der Waals surface area contributed by atoms with Crippen LogP contribution in [0, 0.1) is 0 Å². The summed E-state index contributed by atoms with van der Waals surface area (Å²) in [4.78, 5) is 12.2. The summed E-state index contributed by atoms with van der Waals surface area (Å²) in [6.07, 6.45) is 7.81. The second-order valence-electron chi connectivity index (χ2n) is 5.73. The number of nitrogens with two attached hydrogens (primary N) is 1. The van der Waals surface area contributed by atoms with Gasteiger partial charge >= 0.3 is 0 Å². The third-order valence-corrected chi connectivity index (χ3v) is 4.51. The van der Waals surface area contributed by atoms with Crippen LogP contribution >= 0.6 is 15.9 Å². The van der Waals surface area contributed by atoms with Gasteiger partial charge in [0.05, 0.1) is 6.04 Å². The van der Waals surface area contributed by atoms with Crippen molar-refractivity contribution in [1.29, 1.82) is 0 Å². The number of rotatable bonds is 4. The van der Waals surface area contributed by atoms with E-state index in [4.69, 9.17) is 0 Å². The lowest BCUT2D eigenvalue weighted by molar-refractivity contribution is -0.707. The number of benzene rings is 1. The van der Waals surface area contributed by atoms with Crippen molar-refractivity contribution in [3.63, 3.8) is 0 Å². The number of carbonyl (C=O) groups is 1. The minimum absolute atomic E-state index is 0.0262. The molecule has 2 rings (SSSR count). The maximum atomic E-state index is 12.2. The molecule has 0 heterocycles. The smallest absolute Gasteiger partial charge is 0.282 e. The van der Waals surface area contributed by atoms with E-state index in [2.05, 4.69) is 26.6 Å². The van der Waals surface area contributed by atoms with Gasteiger partial charge in [-0.3, -0.25) is 4.79 Å². The molecule has 0 aliphatic heterocycles. The van der Waals surface area contributed by atoms with Crippen LogP contribution in [-0.2, 0) is 4.79 Å². The zero-order chi connectivity index (χ0) is 14.4. The average molecular weight is 340 g/mol. The molecule has 0 bridgehead atoms. The highest BCUT2D eigenvalue weighted by Gasteiger charge is 2.22. The molecule has 3 N–H and O–H groups in total. The van der Waals surface area contributed by atoms with Crippen molar-refractivity contribution in [2.75, 3.05) is 5.32 Å². The molecule has 1 atom stereocenters. The van der Waals surface area contributed by atoms with E-state index in [0.29, 0.717) is 6.04 Å². The van der Waals surface area contributed by atoms with Crippen molar-refractivity contribution >= 4 is 27.5 Å². The normalized spacial score (nSPS) is 18.3. The summed E-state index contributed by atoms with van der Waals surface area (Å²) < 4.78 is 1.02. The molecule has 20 heavy (non-hydrogen) atoms. The van der Waals surface area contributed by atoms with Gasteiger partial charge in [0.15, 0.2) is 6.04 Å². The third kappa shape index (κ3) is 4.91. The monoisotopic (exact) mass is 339 g/mol. The molecule has 0 saturated heterocycles. The largest absolute Gasteiger partial charge is 0.334 e. The number of anilines is 1. The standard InChI is InChI=1S/C16H23BrN2O/c1-12(18-14-6-4-2-3-5-7-14)16(20)19-15-10-8-13(17)9-11-15/h8-12,14,18H,2-7H2,1H3,(H,19,20)/p+1/t12-/m1/s1. The molecular weight excluding hydrogens is 316 g/mol. The van der Waals surface area contributed by atoms with E-state index >= 15 is 0 Å². The summed E-state index contributed by atoms with van der Waals surface area (Å²) in [7, 11) is 0. The average Bonchev–Trinajstić information content (AvgIpc) is 2.70. The number of carbonyl (C=O) groups excluding carboxylic acids is 1. The van der Waals surface area contributed by atoms with E-state index in [1.54, 1.807) is 0 Å². The summed E-state index contributed by atoms with van der Waals surface area (Å²) in [6, 6.07) is 8.30. The molecule has 1 fully saturated rings. The lowest BCUT2D eigenvalue weighted by atomic mass is 10.1. The van der Waals surface area contributed by atoms with Crippen LogP contribution in [0.1, 0.15) is 45.4 Å². The fourth-order valence-corrected chi connectivity index (χ4v) is 3.05. The molecule has 1 aromatic rings. The molecule has 0 unspecified atom stereocenters. The molecule has 1 aliphatic carbocycles. The molecule has 0 radical (unpaired) electrons. The van der Waals surface area contributed by atoms with Gasteiger partial charge in [0.1, 0.15) is 0 Å². The highest BCUT2D eigenvalue weighted by atomic mass is 79.9. The molecule has 0 aromatic heterocycles. The second kappa shape index (κ2) is 7.79. The number of quaternary nitrogens is 1. The number of nitrogens with one attached hydrogen (secondary N) is 1. The van der Waals surface area contributed by atoms with Crippen LogP contribution in [0.15, 0.2) is 28.7 Å². The van der Waals surface area contributed by atoms with Crippen LogP contribution in [0.4, 0.5) is 5.69 Å². The Morgan fingerprint density at radius 1 is 1.20 bits per heavy atom. The van der Waals surface area contributed by atoms with E-state index < -0.39 is 0 Å². The first-order chi connectivity index (χ1) is 9.65. The Kier molecular flexibility index (Phi) is 6.05. The topological polar surface area (TPSA) is 45.7 Å². The number of hydrogen-bond donors (Lipinski definition) is 2. The summed E-state index contributed by atoms with van der Waals surface area (Å²) >= 11 is 3.39. The van der Waals surface area contributed by atoms with Crippen molar-refractivity contribution < 1.29 is 10.1 Å². The van der Waals surface area contributed by atoms with Crippen LogP contribution in [0.5, 0.6) is 0 Å². The lowest BCUT2D eigenvalue weighted by Gasteiger charge is -2.18.